The molecule has 0 amide bonds. The lowest BCUT2D eigenvalue weighted by Crippen LogP contribution is -2.32. The van der Waals surface area contributed by atoms with Gasteiger partial charge in [0.1, 0.15) is 0 Å². The van der Waals surface area contributed by atoms with Crippen molar-refractivity contribution in [2.45, 2.75) is 24.7 Å². The van der Waals surface area contributed by atoms with Gasteiger partial charge in [-0.2, -0.15) is 4.31 Å². The van der Waals surface area contributed by atoms with Crippen molar-refractivity contribution in [3.05, 3.63) is 33.9 Å². The van der Waals surface area contributed by atoms with Gasteiger partial charge in [0.25, 0.3) is 5.69 Å². The van der Waals surface area contributed by atoms with Crippen LogP contribution < -0.4 is 5.32 Å². The summed E-state index contributed by atoms with van der Waals surface area (Å²) in [6.07, 6.45) is 1.73. The van der Waals surface area contributed by atoms with E-state index in [4.69, 9.17) is 0 Å². The van der Waals surface area contributed by atoms with Crippen LogP contribution in [-0.2, 0) is 10.0 Å². The standard InChI is InChI=1S/C15H21N3O4S/c1-11-8-14(2-3-15(11)18(19)20)23(21,22)17-6-4-12-9-16-10-13(12)5-7-17/h2-3,8,12-13,16H,4-7,9-10H2,1H3/t12-,13+. The number of nitrogens with one attached hydrogen (secondary N) is 1. The van der Waals surface area contributed by atoms with Gasteiger partial charge in [0.05, 0.1) is 9.82 Å². The zero-order valence-corrected chi connectivity index (χ0v) is 13.9. The minimum Gasteiger partial charge on any atom is -0.316 e. The van der Waals surface area contributed by atoms with Crippen molar-refractivity contribution in [2.75, 3.05) is 26.2 Å². The summed E-state index contributed by atoms with van der Waals surface area (Å²) in [5.41, 5.74) is 0.312. The van der Waals surface area contributed by atoms with Crippen molar-refractivity contribution < 1.29 is 13.3 Å². The van der Waals surface area contributed by atoms with Crippen LogP contribution in [0.5, 0.6) is 0 Å². The number of sulfonamides is 1. The molecule has 0 unspecified atom stereocenters. The first-order valence-corrected chi connectivity index (χ1v) is 9.29. The Morgan fingerprint density at radius 3 is 2.35 bits per heavy atom. The molecule has 0 radical (unpaired) electrons. The maximum Gasteiger partial charge on any atom is 0.272 e. The molecule has 1 aromatic rings. The molecule has 2 aliphatic heterocycles. The molecule has 8 heteroatoms. The summed E-state index contributed by atoms with van der Waals surface area (Å²) in [6, 6.07) is 4.02. The minimum atomic E-state index is -3.59. The van der Waals surface area contributed by atoms with Crippen LogP contribution in [-0.4, -0.2) is 43.8 Å². The Labute approximate surface area is 135 Å². The molecule has 2 fully saturated rings. The number of hydrogen-bond donors (Lipinski definition) is 1. The van der Waals surface area contributed by atoms with Crippen LogP contribution in [0.3, 0.4) is 0 Å². The zero-order chi connectivity index (χ0) is 16.6. The quantitative estimate of drug-likeness (QED) is 0.666. The molecule has 0 saturated carbocycles. The fraction of sp³-hybridized carbons (Fsp3) is 0.600. The number of hydrogen-bond acceptors (Lipinski definition) is 5. The highest BCUT2D eigenvalue weighted by Crippen LogP contribution is 2.30. The van der Waals surface area contributed by atoms with Gasteiger partial charge in [0.15, 0.2) is 0 Å². The SMILES string of the molecule is Cc1cc(S(=O)(=O)N2CC[C@@H]3CNC[C@@H]3CC2)ccc1[N+](=O)[O-]. The van der Waals surface area contributed by atoms with Crippen molar-refractivity contribution in [3.63, 3.8) is 0 Å². The maximum atomic E-state index is 12.8. The molecule has 2 atom stereocenters. The fourth-order valence-corrected chi connectivity index (χ4v) is 5.13. The van der Waals surface area contributed by atoms with Gasteiger partial charge in [-0.25, -0.2) is 8.42 Å². The first-order chi connectivity index (χ1) is 10.9. The summed E-state index contributed by atoms with van der Waals surface area (Å²) in [5.74, 6) is 1.10. The summed E-state index contributed by atoms with van der Waals surface area (Å²) in [6.45, 7) is 4.53. The van der Waals surface area contributed by atoms with Crippen LogP contribution in [0.2, 0.25) is 0 Å². The number of fused-ring (bicyclic) bond motifs is 1. The highest BCUT2D eigenvalue weighted by molar-refractivity contribution is 7.89. The summed E-state index contributed by atoms with van der Waals surface area (Å²) in [5, 5.41) is 14.3. The summed E-state index contributed by atoms with van der Waals surface area (Å²) in [7, 11) is -3.59. The Balaban J connectivity index is 1.83. The Kier molecular flexibility index (Phi) is 4.39. The van der Waals surface area contributed by atoms with Crippen LogP contribution in [0.1, 0.15) is 18.4 Å². The number of nitro benzene ring substituents is 1. The van der Waals surface area contributed by atoms with Crippen molar-refractivity contribution in [1.82, 2.24) is 9.62 Å². The maximum absolute atomic E-state index is 12.8. The first-order valence-electron chi connectivity index (χ1n) is 7.85. The lowest BCUT2D eigenvalue weighted by Gasteiger charge is -2.20. The van der Waals surface area contributed by atoms with Crippen LogP contribution in [0.25, 0.3) is 0 Å². The molecule has 0 aromatic heterocycles. The van der Waals surface area contributed by atoms with E-state index in [9.17, 15) is 18.5 Å². The Morgan fingerprint density at radius 1 is 1.22 bits per heavy atom. The molecule has 126 valence electrons. The van der Waals surface area contributed by atoms with E-state index >= 15 is 0 Å². The van der Waals surface area contributed by atoms with Crippen LogP contribution in [0, 0.1) is 28.9 Å². The lowest BCUT2D eigenvalue weighted by molar-refractivity contribution is -0.385. The Morgan fingerprint density at radius 2 is 1.83 bits per heavy atom. The molecule has 0 aliphatic carbocycles. The molecule has 23 heavy (non-hydrogen) atoms. The second kappa shape index (κ2) is 6.18. The number of nitro groups is 1. The normalized spacial score (nSPS) is 25.8. The van der Waals surface area contributed by atoms with Gasteiger partial charge in [-0.05, 0) is 56.8 Å². The highest BCUT2D eigenvalue weighted by Gasteiger charge is 2.34. The molecule has 0 bridgehead atoms. The molecule has 7 nitrogen and oxygen atoms in total. The van der Waals surface area contributed by atoms with Gasteiger partial charge in [-0.1, -0.05) is 0 Å². The third-order valence-corrected chi connectivity index (χ3v) is 6.88. The smallest absolute Gasteiger partial charge is 0.272 e. The fourth-order valence-electron chi connectivity index (χ4n) is 3.58. The van der Waals surface area contributed by atoms with E-state index in [2.05, 4.69) is 5.32 Å². The monoisotopic (exact) mass is 339 g/mol. The largest absolute Gasteiger partial charge is 0.316 e. The van der Waals surface area contributed by atoms with Crippen molar-refractivity contribution in [3.8, 4) is 0 Å². The number of benzene rings is 1. The molecule has 1 aromatic carbocycles. The third-order valence-electron chi connectivity index (χ3n) is 4.98. The second-order valence-corrected chi connectivity index (χ2v) is 8.30. The Bertz CT molecular complexity index is 705. The van der Waals surface area contributed by atoms with E-state index in [1.165, 1.54) is 22.5 Å². The molecular formula is C15H21N3O4S. The zero-order valence-electron chi connectivity index (χ0n) is 13.1. The van der Waals surface area contributed by atoms with E-state index in [0.717, 1.165) is 25.9 Å². The van der Waals surface area contributed by atoms with Gasteiger partial charge in [0, 0.05) is 24.7 Å². The predicted octanol–water partition coefficient (Wildman–Crippen LogP) is 1.52. The topological polar surface area (TPSA) is 92.6 Å². The summed E-state index contributed by atoms with van der Waals surface area (Å²) >= 11 is 0. The molecule has 3 rings (SSSR count). The van der Waals surface area contributed by atoms with Crippen LogP contribution in [0.4, 0.5) is 5.69 Å². The molecular weight excluding hydrogens is 318 g/mol. The highest BCUT2D eigenvalue weighted by atomic mass is 32.2. The van der Waals surface area contributed by atoms with E-state index < -0.39 is 14.9 Å². The van der Waals surface area contributed by atoms with Crippen LogP contribution >= 0.6 is 0 Å². The molecule has 2 saturated heterocycles. The summed E-state index contributed by atoms with van der Waals surface area (Å²) in [4.78, 5) is 10.5. The van der Waals surface area contributed by atoms with Crippen LogP contribution in [0.15, 0.2) is 23.1 Å². The Hall–Kier alpha value is -1.51. The van der Waals surface area contributed by atoms with Gasteiger partial charge in [0.2, 0.25) is 10.0 Å². The molecule has 0 spiro atoms. The predicted molar refractivity (Wildman–Crippen MR) is 85.7 cm³/mol. The average Bonchev–Trinajstić information content (AvgIpc) is 2.84. The first kappa shape index (κ1) is 16.4. The van der Waals surface area contributed by atoms with Gasteiger partial charge in [-0.15, -0.1) is 0 Å². The van der Waals surface area contributed by atoms with Gasteiger partial charge < -0.3 is 5.32 Å². The van der Waals surface area contributed by atoms with E-state index in [1.807, 2.05) is 0 Å². The van der Waals surface area contributed by atoms with Crippen molar-refractivity contribution >= 4 is 15.7 Å². The van der Waals surface area contributed by atoms with E-state index in [0.29, 0.717) is 30.5 Å². The molecule has 2 heterocycles. The van der Waals surface area contributed by atoms with Gasteiger partial charge >= 0.3 is 0 Å². The number of nitrogens with zero attached hydrogens (tertiary/aromatic N) is 2. The summed E-state index contributed by atoms with van der Waals surface area (Å²) < 4.78 is 27.2. The van der Waals surface area contributed by atoms with Gasteiger partial charge in [-0.3, -0.25) is 10.1 Å². The van der Waals surface area contributed by atoms with E-state index in [-0.39, 0.29) is 10.6 Å². The second-order valence-electron chi connectivity index (χ2n) is 6.37. The van der Waals surface area contributed by atoms with E-state index in [1.54, 1.807) is 6.92 Å². The number of aryl methyl sites for hydroxylation is 1. The average molecular weight is 339 g/mol. The third kappa shape index (κ3) is 3.11. The molecule has 2 aliphatic rings. The molecule has 1 N–H and O–H groups in total. The minimum absolute atomic E-state index is 0.0552. The lowest BCUT2D eigenvalue weighted by atomic mass is 9.92. The van der Waals surface area contributed by atoms with Crippen molar-refractivity contribution in [2.24, 2.45) is 11.8 Å². The number of rotatable bonds is 3. The van der Waals surface area contributed by atoms with Crippen molar-refractivity contribution in [1.29, 1.82) is 0 Å².